The molecule has 1 aromatic rings. The summed E-state index contributed by atoms with van der Waals surface area (Å²) < 4.78 is 0. The van der Waals surface area contributed by atoms with Crippen LogP contribution in [0.25, 0.3) is 0 Å². The van der Waals surface area contributed by atoms with Crippen molar-refractivity contribution in [2.45, 2.75) is 18.5 Å². The van der Waals surface area contributed by atoms with E-state index < -0.39 is 0 Å². The molecule has 2 atom stereocenters. The monoisotopic (exact) mass is 190 g/mol. The molecular weight excluding hydrogens is 176 g/mol. The average molecular weight is 190 g/mol. The SMILES string of the molecule is NC1CC(C=O)N(c2ccccc2)C1. The molecule has 0 saturated carbocycles. The highest BCUT2D eigenvalue weighted by Crippen LogP contribution is 2.23. The highest BCUT2D eigenvalue weighted by Gasteiger charge is 2.29. The number of nitrogens with two attached hydrogens (primary N) is 1. The zero-order valence-electron chi connectivity index (χ0n) is 7.97. The third-order valence-electron chi connectivity index (χ3n) is 2.62. The molecule has 1 saturated heterocycles. The molecule has 1 aromatic carbocycles. The van der Waals surface area contributed by atoms with Gasteiger partial charge in [0.2, 0.25) is 0 Å². The van der Waals surface area contributed by atoms with Crippen LogP contribution in [0.3, 0.4) is 0 Å². The van der Waals surface area contributed by atoms with Crippen LogP contribution >= 0.6 is 0 Å². The number of rotatable bonds is 2. The van der Waals surface area contributed by atoms with Crippen LogP contribution in [0, 0.1) is 0 Å². The molecule has 1 fully saturated rings. The van der Waals surface area contributed by atoms with Crippen LogP contribution < -0.4 is 10.6 Å². The summed E-state index contributed by atoms with van der Waals surface area (Å²) in [5, 5.41) is 0. The molecule has 0 bridgehead atoms. The van der Waals surface area contributed by atoms with Gasteiger partial charge < -0.3 is 15.4 Å². The number of carbonyl (C=O) groups excluding carboxylic acids is 1. The molecule has 2 N–H and O–H groups in total. The largest absolute Gasteiger partial charge is 0.360 e. The van der Waals surface area contributed by atoms with Gasteiger partial charge in [0.15, 0.2) is 0 Å². The predicted molar refractivity (Wildman–Crippen MR) is 56.2 cm³/mol. The van der Waals surface area contributed by atoms with Crippen LogP contribution in [0.2, 0.25) is 0 Å². The van der Waals surface area contributed by atoms with Crippen molar-refractivity contribution in [2.75, 3.05) is 11.4 Å². The van der Waals surface area contributed by atoms with Gasteiger partial charge in [-0.15, -0.1) is 0 Å². The first kappa shape index (κ1) is 9.21. The van der Waals surface area contributed by atoms with Crippen molar-refractivity contribution in [1.82, 2.24) is 0 Å². The van der Waals surface area contributed by atoms with E-state index in [1.165, 1.54) is 0 Å². The Balaban J connectivity index is 2.22. The Morgan fingerprint density at radius 1 is 1.36 bits per heavy atom. The van der Waals surface area contributed by atoms with Gasteiger partial charge >= 0.3 is 0 Å². The quantitative estimate of drug-likeness (QED) is 0.701. The molecule has 1 heterocycles. The summed E-state index contributed by atoms with van der Waals surface area (Å²) >= 11 is 0. The Hall–Kier alpha value is -1.35. The van der Waals surface area contributed by atoms with Crippen LogP contribution in [0.4, 0.5) is 5.69 Å². The smallest absolute Gasteiger partial charge is 0.142 e. The lowest BCUT2D eigenvalue weighted by atomic mass is 10.2. The molecule has 1 aliphatic heterocycles. The number of anilines is 1. The molecule has 14 heavy (non-hydrogen) atoms. The van der Waals surface area contributed by atoms with E-state index in [0.717, 1.165) is 24.9 Å². The zero-order chi connectivity index (χ0) is 9.97. The zero-order valence-corrected chi connectivity index (χ0v) is 7.97. The highest BCUT2D eigenvalue weighted by atomic mass is 16.1. The number of aldehydes is 1. The lowest BCUT2D eigenvalue weighted by Crippen LogP contribution is -2.31. The Morgan fingerprint density at radius 3 is 2.71 bits per heavy atom. The second-order valence-corrected chi connectivity index (χ2v) is 3.69. The molecule has 2 rings (SSSR count). The molecule has 0 amide bonds. The molecule has 3 heteroatoms. The van der Waals surface area contributed by atoms with Gasteiger partial charge in [-0.3, -0.25) is 0 Å². The molecule has 3 nitrogen and oxygen atoms in total. The topological polar surface area (TPSA) is 46.3 Å². The molecule has 0 spiro atoms. The second-order valence-electron chi connectivity index (χ2n) is 3.69. The van der Waals surface area contributed by atoms with Crippen LogP contribution in [0.15, 0.2) is 30.3 Å². The number of hydrogen-bond donors (Lipinski definition) is 1. The van der Waals surface area contributed by atoms with E-state index in [0.29, 0.717) is 0 Å². The first-order valence-corrected chi connectivity index (χ1v) is 4.84. The summed E-state index contributed by atoms with van der Waals surface area (Å²) in [5.74, 6) is 0. The minimum absolute atomic E-state index is 0.0487. The number of hydrogen-bond acceptors (Lipinski definition) is 3. The fourth-order valence-electron chi connectivity index (χ4n) is 1.95. The second kappa shape index (κ2) is 3.80. The van der Waals surface area contributed by atoms with Crippen LogP contribution in [-0.2, 0) is 4.79 Å². The standard InChI is InChI=1S/C11H14N2O/c12-9-6-11(8-14)13(7-9)10-4-2-1-3-5-10/h1-5,8-9,11H,6-7,12H2. The van der Waals surface area contributed by atoms with Gasteiger partial charge in [0.1, 0.15) is 6.29 Å². The summed E-state index contributed by atoms with van der Waals surface area (Å²) in [6.45, 7) is 0.771. The normalized spacial score (nSPS) is 26.5. The Morgan fingerprint density at radius 2 is 2.07 bits per heavy atom. The van der Waals surface area contributed by atoms with Crippen molar-refractivity contribution < 1.29 is 4.79 Å². The van der Waals surface area contributed by atoms with Gasteiger partial charge in [-0.1, -0.05) is 18.2 Å². The molecule has 0 aromatic heterocycles. The molecule has 1 aliphatic rings. The maximum Gasteiger partial charge on any atom is 0.142 e. The number of para-hydroxylation sites is 1. The third-order valence-corrected chi connectivity index (χ3v) is 2.62. The Labute approximate surface area is 83.5 Å². The highest BCUT2D eigenvalue weighted by molar-refractivity contribution is 5.67. The van der Waals surface area contributed by atoms with Crippen molar-refractivity contribution >= 4 is 12.0 Å². The van der Waals surface area contributed by atoms with Crippen molar-refractivity contribution in [2.24, 2.45) is 5.73 Å². The van der Waals surface area contributed by atoms with Crippen molar-refractivity contribution in [3.05, 3.63) is 30.3 Å². The Kier molecular flexibility index (Phi) is 2.50. The maximum absolute atomic E-state index is 10.8. The molecule has 0 aliphatic carbocycles. The fraction of sp³-hybridized carbons (Fsp3) is 0.364. The number of benzene rings is 1. The van der Waals surface area contributed by atoms with E-state index in [1.54, 1.807) is 0 Å². The van der Waals surface area contributed by atoms with E-state index in [9.17, 15) is 4.79 Å². The molecule has 2 unspecified atom stereocenters. The average Bonchev–Trinajstić information content (AvgIpc) is 2.61. The lowest BCUT2D eigenvalue weighted by molar-refractivity contribution is -0.108. The van der Waals surface area contributed by atoms with Gasteiger partial charge in [0.25, 0.3) is 0 Å². The summed E-state index contributed by atoms with van der Waals surface area (Å²) in [6, 6.07) is 10.00. The summed E-state index contributed by atoms with van der Waals surface area (Å²) in [7, 11) is 0. The van der Waals surface area contributed by atoms with Crippen LogP contribution in [-0.4, -0.2) is 24.9 Å². The van der Waals surface area contributed by atoms with E-state index >= 15 is 0 Å². The molecular formula is C11H14N2O. The molecule has 0 radical (unpaired) electrons. The van der Waals surface area contributed by atoms with Gasteiger partial charge in [-0.2, -0.15) is 0 Å². The van der Waals surface area contributed by atoms with E-state index in [4.69, 9.17) is 5.73 Å². The minimum Gasteiger partial charge on any atom is -0.360 e. The van der Waals surface area contributed by atoms with Gasteiger partial charge in [-0.25, -0.2) is 0 Å². The first-order chi connectivity index (χ1) is 6.81. The summed E-state index contributed by atoms with van der Waals surface area (Å²) in [5.41, 5.74) is 6.91. The number of nitrogens with zero attached hydrogens (tertiary/aromatic N) is 1. The van der Waals surface area contributed by atoms with Gasteiger partial charge in [0.05, 0.1) is 6.04 Å². The number of carbonyl (C=O) groups is 1. The molecule has 74 valence electrons. The minimum atomic E-state index is -0.0487. The summed E-state index contributed by atoms with van der Waals surface area (Å²) in [4.78, 5) is 12.9. The fourth-order valence-corrected chi connectivity index (χ4v) is 1.95. The van der Waals surface area contributed by atoms with Crippen LogP contribution in [0.1, 0.15) is 6.42 Å². The van der Waals surface area contributed by atoms with Crippen molar-refractivity contribution in [3.63, 3.8) is 0 Å². The van der Waals surface area contributed by atoms with Crippen molar-refractivity contribution in [3.8, 4) is 0 Å². The van der Waals surface area contributed by atoms with Crippen LogP contribution in [0.5, 0.6) is 0 Å². The first-order valence-electron chi connectivity index (χ1n) is 4.84. The van der Waals surface area contributed by atoms with Gasteiger partial charge in [0, 0.05) is 18.3 Å². The van der Waals surface area contributed by atoms with E-state index in [-0.39, 0.29) is 12.1 Å². The van der Waals surface area contributed by atoms with Gasteiger partial charge in [-0.05, 0) is 18.6 Å². The van der Waals surface area contributed by atoms with E-state index in [2.05, 4.69) is 4.90 Å². The lowest BCUT2D eigenvalue weighted by Gasteiger charge is -2.22. The van der Waals surface area contributed by atoms with Crippen molar-refractivity contribution in [1.29, 1.82) is 0 Å². The predicted octanol–water partition coefficient (Wildman–Crippen LogP) is 0.791. The summed E-state index contributed by atoms with van der Waals surface area (Å²) in [6.07, 6.45) is 1.75. The van der Waals surface area contributed by atoms with E-state index in [1.807, 2.05) is 30.3 Å². The Bertz CT molecular complexity index is 312. The third kappa shape index (κ3) is 1.63. The maximum atomic E-state index is 10.8.